The SMILES string of the molecule is CC(=O)Nc1ccc(Nc2nc3nc4cc(C(=O)O)ccc4n3[nH]2)cc1. The van der Waals surface area contributed by atoms with Crippen molar-refractivity contribution in [1.29, 1.82) is 0 Å². The maximum absolute atomic E-state index is 11.0. The maximum Gasteiger partial charge on any atom is 0.335 e. The van der Waals surface area contributed by atoms with Gasteiger partial charge >= 0.3 is 5.97 Å². The number of nitrogens with zero attached hydrogens (tertiary/aromatic N) is 3. The summed E-state index contributed by atoms with van der Waals surface area (Å²) in [6.45, 7) is 1.45. The molecule has 4 N–H and O–H groups in total. The summed E-state index contributed by atoms with van der Waals surface area (Å²) >= 11 is 0. The van der Waals surface area contributed by atoms with Crippen molar-refractivity contribution in [2.24, 2.45) is 0 Å². The van der Waals surface area contributed by atoms with Crippen LogP contribution in [-0.2, 0) is 4.79 Å². The number of aromatic amines is 1. The highest BCUT2D eigenvalue weighted by Crippen LogP contribution is 2.21. The van der Waals surface area contributed by atoms with Crippen LogP contribution in [0.1, 0.15) is 17.3 Å². The molecule has 26 heavy (non-hydrogen) atoms. The summed E-state index contributed by atoms with van der Waals surface area (Å²) in [7, 11) is 0. The number of rotatable bonds is 4. The second-order valence-corrected chi connectivity index (χ2v) is 5.71. The Bertz CT molecular complexity index is 1140. The van der Waals surface area contributed by atoms with Crippen molar-refractivity contribution in [2.45, 2.75) is 6.92 Å². The average Bonchev–Trinajstić information content (AvgIpc) is 3.12. The Morgan fingerprint density at radius 1 is 1.08 bits per heavy atom. The standard InChI is InChI=1S/C17H14N6O3/c1-9(24)18-11-3-5-12(6-4-11)19-16-21-17-20-13-8-10(15(25)26)2-7-14(13)23(17)22-16/h2-8H,1H3,(H,18,24)(H,25,26)(H2,19,20,21,22). The van der Waals surface area contributed by atoms with Crippen molar-refractivity contribution in [3.05, 3.63) is 48.0 Å². The molecular weight excluding hydrogens is 336 g/mol. The summed E-state index contributed by atoms with van der Waals surface area (Å²) in [6.07, 6.45) is 0. The van der Waals surface area contributed by atoms with E-state index in [0.29, 0.717) is 22.9 Å². The average molecular weight is 350 g/mol. The van der Waals surface area contributed by atoms with Crippen molar-refractivity contribution in [2.75, 3.05) is 10.6 Å². The van der Waals surface area contributed by atoms with Gasteiger partial charge in [0.2, 0.25) is 11.9 Å². The fourth-order valence-electron chi connectivity index (χ4n) is 2.65. The van der Waals surface area contributed by atoms with Gasteiger partial charge < -0.3 is 15.7 Å². The van der Waals surface area contributed by atoms with Gasteiger partial charge in [-0.25, -0.2) is 14.3 Å². The number of nitrogens with one attached hydrogen (secondary N) is 3. The quantitative estimate of drug-likeness (QED) is 0.448. The zero-order valence-corrected chi connectivity index (χ0v) is 13.6. The number of carbonyl (C=O) groups excluding carboxylic acids is 1. The summed E-state index contributed by atoms with van der Waals surface area (Å²) in [6, 6.07) is 11.9. The van der Waals surface area contributed by atoms with Crippen molar-refractivity contribution in [3.63, 3.8) is 0 Å². The molecule has 4 aromatic rings. The van der Waals surface area contributed by atoms with Gasteiger partial charge in [-0.05, 0) is 42.5 Å². The van der Waals surface area contributed by atoms with Gasteiger partial charge in [0.25, 0.3) is 5.78 Å². The number of hydrogen-bond acceptors (Lipinski definition) is 5. The molecule has 0 aliphatic heterocycles. The molecule has 0 spiro atoms. The first-order chi connectivity index (χ1) is 12.5. The second kappa shape index (κ2) is 5.88. The van der Waals surface area contributed by atoms with Gasteiger partial charge in [0.1, 0.15) is 0 Å². The van der Waals surface area contributed by atoms with Crippen LogP contribution in [0.2, 0.25) is 0 Å². The molecule has 2 aromatic carbocycles. The number of hydrogen-bond donors (Lipinski definition) is 4. The molecule has 0 saturated carbocycles. The molecule has 2 aromatic heterocycles. The number of imidazole rings is 1. The number of fused-ring (bicyclic) bond motifs is 3. The minimum absolute atomic E-state index is 0.129. The smallest absolute Gasteiger partial charge is 0.335 e. The molecule has 0 radical (unpaired) electrons. The van der Waals surface area contributed by atoms with Gasteiger partial charge in [0.15, 0.2) is 0 Å². The Kier molecular flexibility index (Phi) is 3.54. The van der Waals surface area contributed by atoms with Crippen molar-refractivity contribution in [3.8, 4) is 0 Å². The number of carboxylic acids is 1. The van der Waals surface area contributed by atoms with E-state index in [9.17, 15) is 9.59 Å². The van der Waals surface area contributed by atoms with Gasteiger partial charge in [-0.1, -0.05) is 0 Å². The van der Waals surface area contributed by atoms with E-state index in [1.807, 2.05) is 12.1 Å². The molecule has 0 aliphatic rings. The van der Waals surface area contributed by atoms with E-state index in [1.165, 1.54) is 19.1 Å². The van der Waals surface area contributed by atoms with Crippen molar-refractivity contribution in [1.82, 2.24) is 19.6 Å². The molecule has 0 unspecified atom stereocenters. The van der Waals surface area contributed by atoms with Crippen LogP contribution in [0.25, 0.3) is 16.8 Å². The Balaban J connectivity index is 1.61. The highest BCUT2D eigenvalue weighted by Gasteiger charge is 2.12. The first-order valence-electron chi connectivity index (χ1n) is 7.76. The van der Waals surface area contributed by atoms with Crippen LogP contribution in [0, 0.1) is 0 Å². The van der Waals surface area contributed by atoms with E-state index >= 15 is 0 Å². The van der Waals surface area contributed by atoms with E-state index in [-0.39, 0.29) is 11.5 Å². The lowest BCUT2D eigenvalue weighted by molar-refractivity contribution is -0.114. The number of H-pyrrole nitrogens is 1. The summed E-state index contributed by atoms with van der Waals surface area (Å²) in [5, 5.41) is 18.0. The molecule has 130 valence electrons. The summed E-state index contributed by atoms with van der Waals surface area (Å²) < 4.78 is 1.68. The Morgan fingerprint density at radius 3 is 2.50 bits per heavy atom. The number of amides is 1. The third-order valence-electron chi connectivity index (χ3n) is 3.78. The minimum atomic E-state index is -0.999. The number of aromatic nitrogens is 4. The van der Waals surface area contributed by atoms with Crippen LogP contribution >= 0.6 is 0 Å². The topological polar surface area (TPSA) is 124 Å². The second-order valence-electron chi connectivity index (χ2n) is 5.71. The Hall–Kier alpha value is -3.88. The number of aromatic carboxylic acids is 1. The first-order valence-corrected chi connectivity index (χ1v) is 7.76. The van der Waals surface area contributed by atoms with Crippen molar-refractivity contribution >= 4 is 46.0 Å². The molecule has 2 heterocycles. The van der Waals surface area contributed by atoms with Crippen LogP contribution in [0.3, 0.4) is 0 Å². The molecular formula is C17H14N6O3. The Morgan fingerprint density at radius 2 is 1.81 bits per heavy atom. The lowest BCUT2D eigenvalue weighted by Crippen LogP contribution is -2.05. The number of carbonyl (C=O) groups is 2. The van der Waals surface area contributed by atoms with Crippen LogP contribution < -0.4 is 10.6 Å². The highest BCUT2D eigenvalue weighted by atomic mass is 16.4. The minimum Gasteiger partial charge on any atom is -0.478 e. The molecule has 0 bridgehead atoms. The van der Waals surface area contributed by atoms with Crippen LogP contribution in [0.5, 0.6) is 0 Å². The fraction of sp³-hybridized carbons (Fsp3) is 0.0588. The molecule has 4 rings (SSSR count). The summed E-state index contributed by atoms with van der Waals surface area (Å²) in [5.74, 6) is -0.207. The van der Waals surface area contributed by atoms with Gasteiger partial charge in [-0.15, -0.1) is 0 Å². The molecule has 1 amide bonds. The summed E-state index contributed by atoms with van der Waals surface area (Å²) in [5.41, 5.74) is 2.95. The van der Waals surface area contributed by atoms with Gasteiger partial charge in [-0.3, -0.25) is 9.89 Å². The molecule has 9 heteroatoms. The molecule has 9 nitrogen and oxygen atoms in total. The third kappa shape index (κ3) is 2.81. The zero-order chi connectivity index (χ0) is 18.3. The van der Waals surface area contributed by atoms with E-state index in [1.54, 1.807) is 22.7 Å². The van der Waals surface area contributed by atoms with Gasteiger partial charge in [-0.2, -0.15) is 4.98 Å². The fourth-order valence-corrected chi connectivity index (χ4v) is 2.65. The third-order valence-corrected chi connectivity index (χ3v) is 3.78. The molecule has 0 aliphatic carbocycles. The monoisotopic (exact) mass is 350 g/mol. The summed E-state index contributed by atoms with van der Waals surface area (Å²) in [4.78, 5) is 30.8. The molecule has 0 atom stereocenters. The number of benzene rings is 2. The van der Waals surface area contributed by atoms with Gasteiger partial charge in [0, 0.05) is 18.3 Å². The lowest BCUT2D eigenvalue weighted by atomic mass is 10.2. The Labute approximate surface area is 146 Å². The van der Waals surface area contributed by atoms with Crippen LogP contribution in [-0.4, -0.2) is 36.6 Å². The van der Waals surface area contributed by atoms with Crippen LogP contribution in [0.15, 0.2) is 42.5 Å². The predicted molar refractivity (Wildman–Crippen MR) is 95.8 cm³/mol. The molecule has 0 saturated heterocycles. The molecule has 0 fully saturated rings. The van der Waals surface area contributed by atoms with E-state index in [4.69, 9.17) is 5.11 Å². The van der Waals surface area contributed by atoms with Gasteiger partial charge in [0.05, 0.1) is 16.6 Å². The number of anilines is 3. The lowest BCUT2D eigenvalue weighted by Gasteiger charge is -2.05. The van der Waals surface area contributed by atoms with E-state index in [2.05, 4.69) is 25.7 Å². The predicted octanol–water partition coefficient (Wildman–Crippen LogP) is 2.61. The first kappa shape index (κ1) is 15.6. The van der Waals surface area contributed by atoms with E-state index < -0.39 is 5.97 Å². The zero-order valence-electron chi connectivity index (χ0n) is 13.6. The van der Waals surface area contributed by atoms with E-state index in [0.717, 1.165) is 11.2 Å². The van der Waals surface area contributed by atoms with Crippen LogP contribution in [0.4, 0.5) is 17.3 Å². The number of carboxylic acid groups (broad SMARTS) is 1. The normalized spacial score (nSPS) is 11.0. The maximum atomic E-state index is 11.0. The highest BCUT2D eigenvalue weighted by molar-refractivity contribution is 5.93. The largest absolute Gasteiger partial charge is 0.478 e. The van der Waals surface area contributed by atoms with Crippen molar-refractivity contribution < 1.29 is 14.7 Å².